The number of nitrogens with one attached hydrogen (secondary N) is 1. The number of anilines is 1. The number of amides is 2. The van der Waals surface area contributed by atoms with Crippen LogP contribution in [0.1, 0.15) is 38.3 Å². The Balaban J connectivity index is 2.47. The van der Waals surface area contributed by atoms with Crippen LogP contribution in [0.3, 0.4) is 0 Å². The fourth-order valence-corrected chi connectivity index (χ4v) is 4.40. The van der Waals surface area contributed by atoms with Gasteiger partial charge in [-0.1, -0.05) is 30.7 Å². The number of rotatable bonds is 10. The van der Waals surface area contributed by atoms with Crippen molar-refractivity contribution in [3.8, 4) is 0 Å². The first-order valence-electron chi connectivity index (χ1n) is 11.2. The monoisotopic (exact) mass is 565 g/mol. The highest BCUT2D eigenvalue weighted by molar-refractivity contribution is 7.92. The van der Waals surface area contributed by atoms with Crippen LogP contribution in [-0.2, 0) is 32.3 Å². The minimum atomic E-state index is -4.86. The average Bonchev–Trinajstić information content (AvgIpc) is 2.80. The molecule has 1 N–H and O–H groups in total. The standard InChI is InChI=1S/C24H28ClF4N3O4S/c1-5-15(2)30-23(34)16(3)31(13-17-6-8-18(26)9-7-17)22(33)14-32(37(4,35)36)19-10-11-21(25)20(12-19)24(27,28)29/h6-12,15-16H,5,13-14H2,1-4H3,(H,30,34)/t15-,16-/m1/s1. The fourth-order valence-electron chi connectivity index (χ4n) is 3.33. The summed E-state index contributed by atoms with van der Waals surface area (Å²) < 4.78 is 79.1. The number of halogens is 5. The zero-order chi connectivity index (χ0) is 28.1. The molecule has 0 aliphatic heterocycles. The van der Waals surface area contributed by atoms with Gasteiger partial charge in [-0.05, 0) is 56.2 Å². The number of alkyl halides is 3. The van der Waals surface area contributed by atoms with Crippen LogP contribution in [0.15, 0.2) is 42.5 Å². The van der Waals surface area contributed by atoms with Gasteiger partial charge in [0.15, 0.2) is 0 Å². The topological polar surface area (TPSA) is 86.8 Å². The zero-order valence-electron chi connectivity index (χ0n) is 20.6. The highest BCUT2D eigenvalue weighted by Gasteiger charge is 2.35. The summed E-state index contributed by atoms with van der Waals surface area (Å²) in [7, 11) is -4.24. The molecule has 0 unspecified atom stereocenters. The minimum Gasteiger partial charge on any atom is -0.352 e. The van der Waals surface area contributed by atoms with E-state index in [-0.39, 0.29) is 12.6 Å². The number of hydrogen-bond acceptors (Lipinski definition) is 4. The van der Waals surface area contributed by atoms with E-state index in [0.717, 1.165) is 35.4 Å². The van der Waals surface area contributed by atoms with Gasteiger partial charge in [0.05, 0.1) is 22.5 Å². The Labute approximate surface area is 218 Å². The van der Waals surface area contributed by atoms with Crippen LogP contribution in [0.25, 0.3) is 0 Å². The second-order valence-electron chi connectivity index (χ2n) is 8.57. The van der Waals surface area contributed by atoms with E-state index < -0.39 is 62.7 Å². The fraction of sp³-hybridized carbons (Fsp3) is 0.417. The number of nitrogens with zero attached hydrogens (tertiary/aromatic N) is 2. The molecule has 0 radical (unpaired) electrons. The molecule has 2 amide bonds. The van der Waals surface area contributed by atoms with E-state index in [1.165, 1.54) is 19.1 Å². The molecular formula is C24H28ClF4N3O4S. The number of carbonyl (C=O) groups is 2. The van der Waals surface area contributed by atoms with Gasteiger partial charge < -0.3 is 10.2 Å². The summed E-state index contributed by atoms with van der Waals surface area (Å²) in [5, 5.41) is 2.11. The molecule has 0 fully saturated rings. The first-order valence-corrected chi connectivity index (χ1v) is 13.5. The summed E-state index contributed by atoms with van der Waals surface area (Å²) in [6, 6.07) is 6.32. The molecule has 0 saturated carbocycles. The molecule has 0 saturated heterocycles. The van der Waals surface area contributed by atoms with Crippen molar-refractivity contribution in [2.45, 2.75) is 52.0 Å². The summed E-state index contributed by atoms with van der Waals surface area (Å²) in [4.78, 5) is 27.3. The molecule has 0 aromatic heterocycles. The highest BCUT2D eigenvalue weighted by atomic mass is 35.5. The van der Waals surface area contributed by atoms with Crippen molar-refractivity contribution in [1.29, 1.82) is 0 Å². The third kappa shape index (κ3) is 8.32. The van der Waals surface area contributed by atoms with Crippen LogP contribution in [0.2, 0.25) is 5.02 Å². The smallest absolute Gasteiger partial charge is 0.352 e. The lowest BCUT2D eigenvalue weighted by atomic mass is 10.1. The van der Waals surface area contributed by atoms with E-state index in [9.17, 15) is 35.6 Å². The molecule has 0 bridgehead atoms. The lowest BCUT2D eigenvalue weighted by Gasteiger charge is -2.32. The van der Waals surface area contributed by atoms with Crippen molar-refractivity contribution < 1.29 is 35.6 Å². The molecule has 0 aliphatic rings. The summed E-state index contributed by atoms with van der Waals surface area (Å²) in [6.45, 7) is 3.98. The van der Waals surface area contributed by atoms with Crippen molar-refractivity contribution in [3.05, 3.63) is 64.4 Å². The molecule has 13 heteroatoms. The van der Waals surface area contributed by atoms with Gasteiger partial charge in [0.1, 0.15) is 18.4 Å². The van der Waals surface area contributed by atoms with E-state index in [2.05, 4.69) is 5.32 Å². The zero-order valence-corrected chi connectivity index (χ0v) is 22.2. The van der Waals surface area contributed by atoms with E-state index in [1.807, 2.05) is 6.92 Å². The minimum absolute atomic E-state index is 0.180. The van der Waals surface area contributed by atoms with Crippen molar-refractivity contribution >= 4 is 39.1 Å². The van der Waals surface area contributed by atoms with Gasteiger partial charge in [0.25, 0.3) is 0 Å². The van der Waals surface area contributed by atoms with Crippen LogP contribution in [0.5, 0.6) is 0 Å². The Morgan fingerprint density at radius 3 is 2.19 bits per heavy atom. The molecule has 0 spiro atoms. The third-order valence-corrected chi connectivity index (χ3v) is 7.13. The van der Waals surface area contributed by atoms with Gasteiger partial charge in [-0.2, -0.15) is 13.2 Å². The molecular weight excluding hydrogens is 538 g/mol. The Morgan fingerprint density at radius 2 is 1.68 bits per heavy atom. The Bertz CT molecular complexity index is 1220. The molecule has 0 aliphatic carbocycles. The first kappa shape index (κ1) is 30.4. The van der Waals surface area contributed by atoms with E-state index >= 15 is 0 Å². The Hall–Kier alpha value is -2.86. The van der Waals surface area contributed by atoms with Crippen molar-refractivity contribution in [1.82, 2.24) is 10.2 Å². The molecule has 2 aromatic rings. The van der Waals surface area contributed by atoms with Gasteiger partial charge in [-0.15, -0.1) is 0 Å². The van der Waals surface area contributed by atoms with Gasteiger partial charge in [0, 0.05) is 12.6 Å². The number of hydrogen-bond donors (Lipinski definition) is 1. The van der Waals surface area contributed by atoms with Crippen LogP contribution in [0, 0.1) is 5.82 Å². The molecule has 2 atom stereocenters. The summed E-state index contributed by atoms with van der Waals surface area (Å²) in [5.41, 5.74) is -1.24. The average molecular weight is 566 g/mol. The predicted molar refractivity (Wildman–Crippen MR) is 133 cm³/mol. The summed E-state index contributed by atoms with van der Waals surface area (Å²) in [6.07, 6.45) is -3.51. The van der Waals surface area contributed by atoms with E-state index in [4.69, 9.17) is 11.6 Å². The SMILES string of the molecule is CC[C@@H](C)NC(=O)[C@@H](C)N(Cc1ccc(F)cc1)C(=O)CN(c1ccc(Cl)c(C(F)(F)F)c1)S(C)(=O)=O. The quantitative estimate of drug-likeness (QED) is 0.427. The maximum absolute atomic E-state index is 13.4. The number of carbonyl (C=O) groups excluding carboxylic acids is 2. The Morgan fingerprint density at radius 1 is 1.08 bits per heavy atom. The lowest BCUT2D eigenvalue weighted by Crippen LogP contribution is -2.52. The maximum Gasteiger partial charge on any atom is 0.417 e. The normalized spacial score (nSPS) is 13.5. The highest BCUT2D eigenvalue weighted by Crippen LogP contribution is 2.37. The number of benzene rings is 2. The van der Waals surface area contributed by atoms with Crippen LogP contribution >= 0.6 is 11.6 Å². The maximum atomic E-state index is 13.4. The van der Waals surface area contributed by atoms with Crippen LogP contribution in [0.4, 0.5) is 23.2 Å². The lowest BCUT2D eigenvalue weighted by molar-refractivity contribution is -0.139. The second-order valence-corrected chi connectivity index (χ2v) is 10.9. The third-order valence-electron chi connectivity index (χ3n) is 5.66. The summed E-state index contributed by atoms with van der Waals surface area (Å²) >= 11 is 5.65. The summed E-state index contributed by atoms with van der Waals surface area (Å²) in [5.74, 6) is -1.89. The molecule has 7 nitrogen and oxygen atoms in total. The first-order chi connectivity index (χ1) is 17.0. The van der Waals surface area contributed by atoms with Crippen molar-refractivity contribution in [2.24, 2.45) is 0 Å². The molecule has 37 heavy (non-hydrogen) atoms. The van der Waals surface area contributed by atoms with Crippen LogP contribution in [-0.4, -0.2) is 50.0 Å². The van der Waals surface area contributed by atoms with E-state index in [1.54, 1.807) is 6.92 Å². The van der Waals surface area contributed by atoms with Crippen molar-refractivity contribution in [3.63, 3.8) is 0 Å². The molecule has 2 aromatic carbocycles. The van der Waals surface area contributed by atoms with Crippen molar-refractivity contribution in [2.75, 3.05) is 17.1 Å². The van der Waals surface area contributed by atoms with Gasteiger partial charge >= 0.3 is 6.18 Å². The van der Waals surface area contributed by atoms with Crippen LogP contribution < -0.4 is 9.62 Å². The van der Waals surface area contributed by atoms with Gasteiger partial charge in [-0.3, -0.25) is 13.9 Å². The van der Waals surface area contributed by atoms with Gasteiger partial charge in [0.2, 0.25) is 21.8 Å². The van der Waals surface area contributed by atoms with Gasteiger partial charge in [-0.25, -0.2) is 12.8 Å². The Kier molecular flexibility index (Phi) is 9.95. The van der Waals surface area contributed by atoms with E-state index in [0.29, 0.717) is 22.4 Å². The molecule has 204 valence electrons. The predicted octanol–water partition coefficient (Wildman–Crippen LogP) is 4.60. The largest absolute Gasteiger partial charge is 0.417 e. The molecule has 0 heterocycles. The molecule has 2 rings (SSSR count). The number of sulfonamides is 1. The second kappa shape index (κ2) is 12.1.